The van der Waals surface area contributed by atoms with Crippen LogP contribution < -0.4 is 28.4 Å². The molecule has 0 aliphatic carbocycles. The fourth-order valence-corrected chi connectivity index (χ4v) is 5.25. The molecule has 0 unspecified atom stereocenters. The van der Waals surface area contributed by atoms with Gasteiger partial charge in [0, 0.05) is 28.9 Å². The third-order valence-electron chi connectivity index (χ3n) is 7.75. The van der Waals surface area contributed by atoms with Gasteiger partial charge in [0.2, 0.25) is 0 Å². The first-order chi connectivity index (χ1) is 28.4. The molecule has 4 heterocycles. The van der Waals surface area contributed by atoms with Gasteiger partial charge in [0.25, 0.3) is 0 Å². The Morgan fingerprint density at radius 1 is 0.435 bits per heavy atom. The van der Waals surface area contributed by atoms with Gasteiger partial charge >= 0.3 is 46.5 Å². The smallest absolute Gasteiger partial charge is 0.458 e. The van der Waals surface area contributed by atoms with E-state index in [0.29, 0.717) is 12.1 Å². The number of pyridine rings is 4. The minimum Gasteiger partial charge on any atom is -0.458 e. The van der Waals surface area contributed by atoms with Crippen molar-refractivity contribution >= 4 is 0 Å². The van der Waals surface area contributed by atoms with Gasteiger partial charge in [0.1, 0.15) is 46.5 Å². The third-order valence-corrected chi connectivity index (χ3v) is 7.75. The molecule has 62 heavy (non-hydrogen) atoms. The van der Waals surface area contributed by atoms with Gasteiger partial charge in [-0.25, -0.2) is 0 Å². The zero-order valence-corrected chi connectivity index (χ0v) is 33.1. The van der Waals surface area contributed by atoms with Crippen LogP contribution in [0.1, 0.15) is 25.2 Å². The maximum Gasteiger partial charge on any atom is 2.00 e. The van der Waals surface area contributed by atoms with Crippen molar-refractivity contribution in [3.63, 3.8) is 0 Å². The van der Waals surface area contributed by atoms with Crippen molar-refractivity contribution in [2.24, 2.45) is 0 Å². The van der Waals surface area contributed by atoms with Crippen LogP contribution in [0.3, 0.4) is 0 Å². The van der Waals surface area contributed by atoms with Crippen LogP contribution in [-0.4, -0.2) is 45.4 Å². The first kappa shape index (κ1) is 46.7. The number of halogens is 12. The normalized spacial score (nSPS) is 12.2. The van der Waals surface area contributed by atoms with Gasteiger partial charge in [-0.1, -0.05) is 59.7 Å². The summed E-state index contributed by atoms with van der Waals surface area (Å²) in [7, 11) is 0. The summed E-state index contributed by atoms with van der Waals surface area (Å²) in [4.78, 5) is 15.4. The summed E-state index contributed by atoms with van der Waals surface area (Å²) in [6.45, 7) is 2.91. The zero-order valence-electron chi connectivity index (χ0n) is 30.8. The Labute approximate surface area is 355 Å². The fraction of sp³-hybridized carbons (Fsp3) is 0.179. The Morgan fingerprint density at radius 3 is 1.10 bits per heavy atom. The van der Waals surface area contributed by atoms with Crippen LogP contribution in [-0.2, 0) is 26.5 Å². The minimum absolute atomic E-state index is 0. The summed E-state index contributed by atoms with van der Waals surface area (Å²) in [5.74, 6) is -5.51. The molecule has 0 aliphatic rings. The van der Waals surface area contributed by atoms with Crippen molar-refractivity contribution in [2.75, 3.05) is 0 Å². The number of para-hydroxylation sites is 2. The molecule has 0 amide bonds. The van der Waals surface area contributed by atoms with E-state index < -0.39 is 76.9 Å². The molecule has 328 valence electrons. The van der Waals surface area contributed by atoms with Crippen molar-refractivity contribution in [1.82, 2.24) is 19.9 Å². The molecule has 4 aromatic heterocycles. The summed E-state index contributed by atoms with van der Waals surface area (Å²) in [5, 5.41) is 0. The summed E-state index contributed by atoms with van der Waals surface area (Å²) >= 11 is 0. The minimum atomic E-state index is -5.50. The van der Waals surface area contributed by atoms with Crippen molar-refractivity contribution in [2.45, 2.75) is 44.7 Å². The second kappa shape index (κ2) is 18.0. The number of aromatic nitrogens is 4. The fourth-order valence-electron chi connectivity index (χ4n) is 5.25. The number of nitrogens with zero attached hydrogens (tertiary/aromatic N) is 4. The predicted octanol–water partition coefficient (Wildman–Crippen LogP) is 11.7. The largest absolute Gasteiger partial charge is 2.00 e. The molecule has 23 heteroatoms. The van der Waals surface area contributed by atoms with Gasteiger partial charge in [-0.05, 0) is 61.6 Å². The maximum absolute atomic E-state index is 13.6. The number of rotatable bonds is 12. The van der Waals surface area contributed by atoms with Crippen LogP contribution in [0.4, 0.5) is 52.7 Å². The van der Waals surface area contributed by atoms with E-state index in [9.17, 15) is 52.7 Å². The molecular weight excluding hydrogens is 1040 g/mol. The number of ether oxygens (including phenoxy) is 6. The van der Waals surface area contributed by atoms with Crippen molar-refractivity contribution < 1.29 is 102 Å². The van der Waals surface area contributed by atoms with Gasteiger partial charge < -0.3 is 28.4 Å². The summed E-state index contributed by atoms with van der Waals surface area (Å²) in [6.07, 6.45) is -21.7. The second-order valence-electron chi connectivity index (χ2n) is 12.6. The molecule has 0 N–H and O–H groups in total. The quantitative estimate of drug-likeness (QED) is 0.0869. The van der Waals surface area contributed by atoms with E-state index in [1.165, 1.54) is 50.2 Å². The molecule has 2 aromatic carbocycles. The van der Waals surface area contributed by atoms with Crippen LogP contribution in [0.15, 0.2) is 97.1 Å². The SMILES string of the molecule is CC(C)(c1cc(Oc2ccccc2)cc(-c2[c-]cc(OC(F)(F)F)nc2OC(F)(F)F)n1)c1cc(Oc2ccccc2)cc(-c2[c-]cc(OC(F)(F)F)nc2OC(F)(F)F)n1.[Pt+2]. The van der Waals surface area contributed by atoms with E-state index in [-0.39, 0.29) is 55.5 Å². The average molecular weight is 1070 g/mol. The number of benzene rings is 2. The Hall–Kier alpha value is -6.31. The molecule has 0 fully saturated rings. The van der Waals surface area contributed by atoms with Gasteiger partial charge in [-0.3, -0.25) is 19.9 Å². The monoisotopic (exact) mass is 1070 g/mol. The van der Waals surface area contributed by atoms with E-state index in [1.807, 2.05) is 0 Å². The molecule has 6 rings (SSSR count). The van der Waals surface area contributed by atoms with E-state index in [1.54, 1.807) is 36.4 Å². The van der Waals surface area contributed by atoms with Crippen molar-refractivity contribution in [1.29, 1.82) is 0 Å². The summed E-state index contributed by atoms with van der Waals surface area (Å²) in [6, 6.07) is 25.9. The number of hydrogen-bond donors (Lipinski definition) is 0. The Morgan fingerprint density at radius 2 is 0.774 bits per heavy atom. The summed E-state index contributed by atoms with van der Waals surface area (Å²) in [5.41, 5.74) is -4.21. The molecule has 6 aromatic rings. The third kappa shape index (κ3) is 12.9. The van der Waals surface area contributed by atoms with Crippen molar-refractivity contribution in [3.8, 4) is 69.0 Å². The van der Waals surface area contributed by atoms with Crippen LogP contribution in [0.25, 0.3) is 22.5 Å². The van der Waals surface area contributed by atoms with E-state index in [2.05, 4.69) is 51.0 Å². The Kier molecular flexibility index (Phi) is 13.5. The molecule has 0 atom stereocenters. The van der Waals surface area contributed by atoms with Crippen molar-refractivity contribution in [3.05, 3.63) is 121 Å². The van der Waals surface area contributed by atoms with Gasteiger partial charge in [-0.15, -0.1) is 64.8 Å². The topological polar surface area (TPSA) is 107 Å². The van der Waals surface area contributed by atoms with Gasteiger partial charge in [-0.2, -0.15) is 0 Å². The molecule has 0 spiro atoms. The van der Waals surface area contributed by atoms with Gasteiger partial charge in [0.15, 0.2) is 0 Å². The molecule has 0 bridgehead atoms. The average Bonchev–Trinajstić information content (AvgIpc) is 3.13. The first-order valence-electron chi connectivity index (χ1n) is 16.8. The van der Waals surface area contributed by atoms with Crippen LogP contribution in [0.5, 0.6) is 46.5 Å². The van der Waals surface area contributed by atoms with Crippen LogP contribution in [0, 0.1) is 12.1 Å². The van der Waals surface area contributed by atoms with E-state index in [4.69, 9.17) is 9.47 Å². The predicted molar refractivity (Wildman–Crippen MR) is 184 cm³/mol. The Bertz CT molecular complexity index is 2320. The number of alkyl halides is 12. The molecular formula is C39H22F12N4O6Pt. The summed E-state index contributed by atoms with van der Waals surface area (Å²) < 4.78 is 187. The molecule has 0 radical (unpaired) electrons. The molecule has 10 nitrogen and oxygen atoms in total. The molecule has 0 saturated carbocycles. The first-order valence-corrected chi connectivity index (χ1v) is 16.8. The molecule has 0 aliphatic heterocycles. The van der Waals surface area contributed by atoms with Gasteiger partial charge in [0.05, 0.1) is 0 Å². The van der Waals surface area contributed by atoms with E-state index in [0.717, 1.165) is 12.1 Å². The number of hydrogen-bond acceptors (Lipinski definition) is 10. The molecule has 0 saturated heterocycles. The van der Waals surface area contributed by atoms with E-state index >= 15 is 0 Å². The van der Waals surface area contributed by atoms with Crippen LogP contribution >= 0.6 is 0 Å². The van der Waals surface area contributed by atoms with Crippen LogP contribution in [0.2, 0.25) is 0 Å². The zero-order chi connectivity index (χ0) is 44.4. The standard InChI is InChI=1S/C39H22F12N4O6.Pt/c1-35(2,29-19-23(56-21-9-5-3-6-10-21)17-27(52-29)25-13-15-31(58-36(40,41)42)54-33(25)60-38(46,47)48)30-20-24(57-22-11-7-4-8-12-22)18-28(53-30)26-14-16-32(59-37(43,44)45)55-34(26)61-39(49,50)51;/h3-12,15-20H,1-2H3;/q-2;+2. The second-order valence-corrected chi connectivity index (χ2v) is 12.6. The Balaban J connectivity index is 0.00000726. The maximum atomic E-state index is 13.6.